The minimum absolute atomic E-state index is 0.0336. The minimum atomic E-state index is -0.462. The molecule has 0 saturated heterocycles. The lowest BCUT2D eigenvalue weighted by atomic mass is 10.1. The van der Waals surface area contributed by atoms with Crippen molar-refractivity contribution < 1.29 is 9.90 Å². The SMILES string of the molecule is CNCC(C)C(=O)N(C)CC(C)O. The van der Waals surface area contributed by atoms with Crippen molar-refractivity contribution in [1.29, 1.82) is 0 Å². The molecule has 4 nitrogen and oxygen atoms in total. The first-order chi connectivity index (χ1) is 5.99. The molecule has 0 aromatic carbocycles. The van der Waals surface area contributed by atoms with Crippen LogP contribution in [0.4, 0.5) is 0 Å². The van der Waals surface area contributed by atoms with Crippen molar-refractivity contribution >= 4 is 5.91 Å². The number of hydrogen-bond acceptors (Lipinski definition) is 3. The van der Waals surface area contributed by atoms with E-state index in [1.165, 1.54) is 0 Å². The Hall–Kier alpha value is -0.610. The third-order valence-electron chi connectivity index (χ3n) is 1.85. The number of amides is 1. The smallest absolute Gasteiger partial charge is 0.226 e. The first-order valence-corrected chi connectivity index (χ1v) is 4.56. The average molecular weight is 188 g/mol. The summed E-state index contributed by atoms with van der Waals surface area (Å²) in [5, 5.41) is 12.0. The highest BCUT2D eigenvalue weighted by atomic mass is 16.3. The van der Waals surface area contributed by atoms with E-state index >= 15 is 0 Å². The number of hydrogen-bond donors (Lipinski definition) is 2. The van der Waals surface area contributed by atoms with Crippen molar-refractivity contribution in [3.63, 3.8) is 0 Å². The summed E-state index contributed by atoms with van der Waals surface area (Å²) in [7, 11) is 3.53. The van der Waals surface area contributed by atoms with Crippen LogP contribution in [0.15, 0.2) is 0 Å². The van der Waals surface area contributed by atoms with E-state index in [1.54, 1.807) is 18.9 Å². The van der Waals surface area contributed by atoms with Crippen LogP contribution in [0.5, 0.6) is 0 Å². The molecule has 0 bridgehead atoms. The van der Waals surface area contributed by atoms with Crippen LogP contribution in [-0.4, -0.2) is 49.2 Å². The number of nitrogens with one attached hydrogen (secondary N) is 1. The minimum Gasteiger partial charge on any atom is -0.392 e. The molecule has 0 aliphatic carbocycles. The molecule has 0 heterocycles. The van der Waals surface area contributed by atoms with Gasteiger partial charge in [0.2, 0.25) is 5.91 Å². The molecular weight excluding hydrogens is 168 g/mol. The Kier molecular flexibility index (Phi) is 5.66. The van der Waals surface area contributed by atoms with Gasteiger partial charge in [0.1, 0.15) is 0 Å². The van der Waals surface area contributed by atoms with Crippen LogP contribution < -0.4 is 5.32 Å². The zero-order chi connectivity index (χ0) is 10.4. The zero-order valence-corrected chi connectivity index (χ0v) is 8.87. The Bertz CT molecular complexity index is 160. The number of nitrogens with zero attached hydrogens (tertiary/aromatic N) is 1. The Balaban J connectivity index is 3.94. The van der Waals surface area contributed by atoms with Crippen molar-refractivity contribution in [1.82, 2.24) is 10.2 Å². The fraction of sp³-hybridized carbons (Fsp3) is 0.889. The van der Waals surface area contributed by atoms with E-state index in [0.717, 1.165) is 0 Å². The Labute approximate surface area is 79.9 Å². The summed E-state index contributed by atoms with van der Waals surface area (Å²) in [6.07, 6.45) is -0.462. The summed E-state index contributed by atoms with van der Waals surface area (Å²) in [5.74, 6) is 0.0315. The van der Waals surface area contributed by atoms with E-state index in [2.05, 4.69) is 5.32 Å². The molecule has 0 rings (SSSR count). The largest absolute Gasteiger partial charge is 0.392 e. The van der Waals surface area contributed by atoms with Gasteiger partial charge in [0.05, 0.1) is 6.10 Å². The van der Waals surface area contributed by atoms with Crippen LogP contribution in [-0.2, 0) is 4.79 Å². The number of carbonyl (C=O) groups excluding carboxylic acids is 1. The predicted molar refractivity (Wildman–Crippen MR) is 52.4 cm³/mol. The summed E-state index contributed by atoms with van der Waals surface area (Å²) in [6.45, 7) is 4.61. The van der Waals surface area contributed by atoms with Gasteiger partial charge in [0.15, 0.2) is 0 Å². The van der Waals surface area contributed by atoms with E-state index in [9.17, 15) is 4.79 Å². The Morgan fingerprint density at radius 1 is 1.54 bits per heavy atom. The predicted octanol–water partition coefficient (Wildman–Crippen LogP) is -0.319. The molecule has 0 aromatic heterocycles. The van der Waals surface area contributed by atoms with E-state index in [-0.39, 0.29) is 11.8 Å². The second kappa shape index (κ2) is 5.94. The highest BCUT2D eigenvalue weighted by Crippen LogP contribution is 2.00. The second-order valence-corrected chi connectivity index (χ2v) is 3.53. The van der Waals surface area contributed by atoms with Crippen molar-refractivity contribution in [2.75, 3.05) is 27.2 Å². The van der Waals surface area contributed by atoms with Crippen LogP contribution in [0.2, 0.25) is 0 Å². The fourth-order valence-electron chi connectivity index (χ4n) is 1.26. The van der Waals surface area contributed by atoms with Gasteiger partial charge >= 0.3 is 0 Å². The lowest BCUT2D eigenvalue weighted by Gasteiger charge is -2.22. The quantitative estimate of drug-likeness (QED) is 0.622. The summed E-state index contributed by atoms with van der Waals surface area (Å²) < 4.78 is 0. The molecule has 1 amide bonds. The van der Waals surface area contributed by atoms with Crippen LogP contribution in [0.3, 0.4) is 0 Å². The number of rotatable bonds is 5. The standard InChI is InChI=1S/C9H20N2O2/c1-7(5-10-3)9(13)11(4)6-8(2)12/h7-8,10,12H,5-6H2,1-4H3. The maximum Gasteiger partial charge on any atom is 0.226 e. The molecule has 0 aromatic rings. The highest BCUT2D eigenvalue weighted by Gasteiger charge is 2.17. The molecule has 2 unspecified atom stereocenters. The highest BCUT2D eigenvalue weighted by molar-refractivity contribution is 5.78. The molecule has 13 heavy (non-hydrogen) atoms. The maximum atomic E-state index is 11.5. The van der Waals surface area contributed by atoms with Gasteiger partial charge in [-0.05, 0) is 14.0 Å². The van der Waals surface area contributed by atoms with E-state index in [1.807, 2.05) is 14.0 Å². The first kappa shape index (κ1) is 12.4. The van der Waals surface area contributed by atoms with Gasteiger partial charge in [-0.2, -0.15) is 0 Å². The second-order valence-electron chi connectivity index (χ2n) is 3.53. The van der Waals surface area contributed by atoms with Crippen LogP contribution in [0.1, 0.15) is 13.8 Å². The maximum absolute atomic E-state index is 11.5. The van der Waals surface area contributed by atoms with E-state index < -0.39 is 6.10 Å². The summed E-state index contributed by atoms with van der Waals surface area (Å²) >= 11 is 0. The van der Waals surface area contributed by atoms with Crippen LogP contribution >= 0.6 is 0 Å². The lowest BCUT2D eigenvalue weighted by molar-refractivity contribution is -0.134. The number of aliphatic hydroxyl groups is 1. The molecule has 4 heteroatoms. The summed E-state index contributed by atoms with van der Waals surface area (Å²) in [4.78, 5) is 13.1. The third kappa shape index (κ3) is 4.85. The Morgan fingerprint density at radius 2 is 2.08 bits per heavy atom. The van der Waals surface area contributed by atoms with Crippen LogP contribution in [0.25, 0.3) is 0 Å². The topological polar surface area (TPSA) is 52.6 Å². The average Bonchev–Trinajstić information content (AvgIpc) is 2.02. The third-order valence-corrected chi connectivity index (χ3v) is 1.85. The molecule has 0 aliphatic heterocycles. The molecule has 78 valence electrons. The molecule has 0 radical (unpaired) electrons. The normalized spacial score (nSPS) is 15.2. The molecular formula is C9H20N2O2. The van der Waals surface area contributed by atoms with Crippen LogP contribution in [0, 0.1) is 5.92 Å². The first-order valence-electron chi connectivity index (χ1n) is 4.56. The summed E-state index contributed by atoms with van der Waals surface area (Å²) in [6, 6.07) is 0. The van der Waals surface area contributed by atoms with Crippen molar-refractivity contribution in [3.05, 3.63) is 0 Å². The monoisotopic (exact) mass is 188 g/mol. The molecule has 2 atom stereocenters. The van der Waals surface area contributed by atoms with Gasteiger partial charge in [-0.3, -0.25) is 4.79 Å². The number of aliphatic hydroxyl groups excluding tert-OH is 1. The zero-order valence-electron chi connectivity index (χ0n) is 8.87. The lowest BCUT2D eigenvalue weighted by Crippen LogP contribution is -2.39. The van der Waals surface area contributed by atoms with E-state index in [0.29, 0.717) is 13.1 Å². The van der Waals surface area contributed by atoms with Gasteiger partial charge in [0.25, 0.3) is 0 Å². The molecule has 0 aliphatic rings. The van der Waals surface area contributed by atoms with Crippen molar-refractivity contribution in [2.24, 2.45) is 5.92 Å². The van der Waals surface area contributed by atoms with Gasteiger partial charge in [-0.1, -0.05) is 6.92 Å². The van der Waals surface area contributed by atoms with E-state index in [4.69, 9.17) is 5.11 Å². The van der Waals surface area contributed by atoms with Gasteiger partial charge in [-0.25, -0.2) is 0 Å². The van der Waals surface area contributed by atoms with Crippen molar-refractivity contribution in [3.8, 4) is 0 Å². The number of likely N-dealkylation sites (N-methyl/N-ethyl adjacent to an activating group) is 1. The van der Waals surface area contributed by atoms with Gasteiger partial charge < -0.3 is 15.3 Å². The summed E-state index contributed by atoms with van der Waals surface area (Å²) in [5.41, 5.74) is 0. The van der Waals surface area contributed by atoms with Gasteiger partial charge in [-0.15, -0.1) is 0 Å². The Morgan fingerprint density at radius 3 is 2.46 bits per heavy atom. The molecule has 2 N–H and O–H groups in total. The van der Waals surface area contributed by atoms with Crippen molar-refractivity contribution in [2.45, 2.75) is 20.0 Å². The molecule has 0 spiro atoms. The molecule has 0 saturated carbocycles. The number of carbonyl (C=O) groups is 1. The van der Waals surface area contributed by atoms with Gasteiger partial charge in [0, 0.05) is 26.1 Å². The molecule has 0 fully saturated rings. The fourth-order valence-corrected chi connectivity index (χ4v) is 1.26.